The first kappa shape index (κ1) is 11.7. The van der Waals surface area contributed by atoms with Gasteiger partial charge in [-0.1, -0.05) is 11.6 Å². The summed E-state index contributed by atoms with van der Waals surface area (Å²) in [7, 11) is 0. The number of aliphatic carboxylic acids is 1. The number of carboxylic acids is 1. The van der Waals surface area contributed by atoms with Gasteiger partial charge in [-0.25, -0.2) is 4.39 Å². The first-order valence-corrected chi connectivity index (χ1v) is 6.18. The van der Waals surface area contributed by atoms with E-state index in [1.807, 2.05) is 0 Å². The average Bonchev–Trinajstić information content (AvgIpc) is 3.03. The highest BCUT2D eigenvalue weighted by atomic mass is 35.5. The molecule has 0 amide bonds. The van der Waals surface area contributed by atoms with Crippen LogP contribution in [0.25, 0.3) is 0 Å². The first-order valence-electron chi connectivity index (χ1n) is 4.92. The van der Waals surface area contributed by atoms with Gasteiger partial charge >= 0.3 is 5.97 Å². The molecule has 1 N–H and O–H groups in total. The number of thioether (sulfide) groups is 1. The summed E-state index contributed by atoms with van der Waals surface area (Å²) in [6.07, 6.45) is 1.91. The summed E-state index contributed by atoms with van der Waals surface area (Å²) in [5.74, 6) is -1.05. The van der Waals surface area contributed by atoms with Crippen molar-refractivity contribution in [1.82, 2.24) is 0 Å². The zero-order valence-corrected chi connectivity index (χ0v) is 9.89. The average molecular weight is 261 g/mol. The van der Waals surface area contributed by atoms with Crippen molar-refractivity contribution in [2.24, 2.45) is 5.92 Å². The molecule has 1 aliphatic carbocycles. The van der Waals surface area contributed by atoms with Crippen LogP contribution in [-0.2, 0) is 4.79 Å². The van der Waals surface area contributed by atoms with E-state index < -0.39 is 17.0 Å². The van der Waals surface area contributed by atoms with Gasteiger partial charge in [0.1, 0.15) is 11.1 Å². The van der Waals surface area contributed by atoms with Crippen molar-refractivity contribution in [3.63, 3.8) is 0 Å². The van der Waals surface area contributed by atoms with Gasteiger partial charge < -0.3 is 5.11 Å². The minimum absolute atomic E-state index is 0.0323. The Kier molecular flexibility index (Phi) is 3.40. The standard InChI is InChI=1S/C11H10ClFO2S/c12-8-5-7(3-4-9(8)13)16-10(11(14)15)6-1-2-6/h3-6,10H,1-2H2,(H,14,15). The van der Waals surface area contributed by atoms with Gasteiger partial charge in [0.2, 0.25) is 0 Å². The molecule has 1 atom stereocenters. The zero-order valence-electron chi connectivity index (χ0n) is 8.32. The number of rotatable bonds is 4. The second-order valence-corrected chi connectivity index (χ2v) is 5.41. The smallest absolute Gasteiger partial charge is 0.317 e. The minimum atomic E-state index is -0.812. The highest BCUT2D eigenvalue weighted by Gasteiger charge is 2.36. The van der Waals surface area contributed by atoms with E-state index in [9.17, 15) is 9.18 Å². The first-order chi connectivity index (χ1) is 7.58. The van der Waals surface area contributed by atoms with Crippen LogP contribution in [0.4, 0.5) is 4.39 Å². The lowest BCUT2D eigenvalue weighted by atomic mass is 10.3. The summed E-state index contributed by atoms with van der Waals surface area (Å²) in [4.78, 5) is 11.7. The predicted octanol–water partition coefficient (Wildman–Crippen LogP) is 3.43. The maximum Gasteiger partial charge on any atom is 0.317 e. The number of hydrogen-bond donors (Lipinski definition) is 1. The Balaban J connectivity index is 2.12. The number of benzene rings is 1. The van der Waals surface area contributed by atoms with Crippen molar-refractivity contribution < 1.29 is 14.3 Å². The third kappa shape index (κ3) is 2.68. The molecule has 1 aromatic carbocycles. The molecular weight excluding hydrogens is 251 g/mol. The molecule has 0 spiro atoms. The Bertz CT molecular complexity index is 420. The Labute approximate surface area is 102 Å². The maximum absolute atomic E-state index is 12.9. The summed E-state index contributed by atoms with van der Waals surface area (Å²) in [5.41, 5.74) is 0. The molecule has 0 aromatic heterocycles. The van der Waals surface area contributed by atoms with Crippen molar-refractivity contribution in [2.45, 2.75) is 23.0 Å². The molecule has 2 nitrogen and oxygen atoms in total. The van der Waals surface area contributed by atoms with E-state index in [1.165, 1.54) is 23.9 Å². The van der Waals surface area contributed by atoms with Gasteiger partial charge in [-0.05, 0) is 37.0 Å². The van der Waals surface area contributed by atoms with Crippen LogP contribution in [0, 0.1) is 11.7 Å². The lowest BCUT2D eigenvalue weighted by Gasteiger charge is -2.10. The van der Waals surface area contributed by atoms with Crippen LogP contribution in [-0.4, -0.2) is 16.3 Å². The molecule has 86 valence electrons. The predicted molar refractivity (Wildman–Crippen MR) is 61.4 cm³/mol. The molecule has 1 aromatic rings. The summed E-state index contributed by atoms with van der Waals surface area (Å²) >= 11 is 6.88. The van der Waals surface area contributed by atoms with E-state index >= 15 is 0 Å². The fourth-order valence-electron chi connectivity index (χ4n) is 1.44. The Morgan fingerprint density at radius 1 is 1.56 bits per heavy atom. The highest BCUT2D eigenvalue weighted by Crippen LogP contribution is 2.42. The lowest BCUT2D eigenvalue weighted by Crippen LogP contribution is -2.18. The molecule has 1 aliphatic rings. The van der Waals surface area contributed by atoms with Crippen LogP contribution >= 0.6 is 23.4 Å². The molecule has 0 radical (unpaired) electrons. The molecule has 16 heavy (non-hydrogen) atoms. The topological polar surface area (TPSA) is 37.3 Å². The van der Waals surface area contributed by atoms with Gasteiger partial charge in [-0.3, -0.25) is 4.79 Å². The fraction of sp³-hybridized carbons (Fsp3) is 0.364. The Hall–Kier alpha value is -0.740. The van der Waals surface area contributed by atoms with Gasteiger partial charge in [0, 0.05) is 4.90 Å². The monoisotopic (exact) mass is 260 g/mol. The van der Waals surface area contributed by atoms with Gasteiger partial charge in [-0.2, -0.15) is 0 Å². The molecule has 2 rings (SSSR count). The normalized spacial score (nSPS) is 17.1. The second-order valence-electron chi connectivity index (χ2n) is 3.79. The van der Waals surface area contributed by atoms with E-state index in [4.69, 9.17) is 16.7 Å². The molecule has 0 aliphatic heterocycles. The molecule has 1 saturated carbocycles. The summed E-state index contributed by atoms with van der Waals surface area (Å²) in [6.45, 7) is 0. The largest absolute Gasteiger partial charge is 0.480 e. The molecule has 1 unspecified atom stereocenters. The van der Waals surface area contributed by atoms with Crippen molar-refractivity contribution in [1.29, 1.82) is 0 Å². The molecule has 1 fully saturated rings. The maximum atomic E-state index is 12.9. The van der Waals surface area contributed by atoms with E-state index in [1.54, 1.807) is 6.07 Å². The summed E-state index contributed by atoms with van der Waals surface area (Å²) in [6, 6.07) is 4.29. The van der Waals surface area contributed by atoms with Gasteiger partial charge in [0.05, 0.1) is 5.02 Å². The fourth-order valence-corrected chi connectivity index (χ4v) is 2.88. The van der Waals surface area contributed by atoms with E-state index in [0.29, 0.717) is 4.90 Å². The summed E-state index contributed by atoms with van der Waals surface area (Å²) < 4.78 is 12.9. The van der Waals surface area contributed by atoms with Gasteiger partial charge in [-0.15, -0.1) is 11.8 Å². The van der Waals surface area contributed by atoms with E-state index in [-0.39, 0.29) is 10.9 Å². The zero-order chi connectivity index (χ0) is 11.7. The highest BCUT2D eigenvalue weighted by molar-refractivity contribution is 8.00. The lowest BCUT2D eigenvalue weighted by molar-refractivity contribution is -0.136. The molecule has 0 heterocycles. The van der Waals surface area contributed by atoms with Crippen LogP contribution in [0.15, 0.2) is 23.1 Å². The van der Waals surface area contributed by atoms with Gasteiger partial charge in [0.25, 0.3) is 0 Å². The number of halogens is 2. The summed E-state index contributed by atoms with van der Waals surface area (Å²) in [5, 5.41) is 8.63. The number of hydrogen-bond acceptors (Lipinski definition) is 2. The Morgan fingerprint density at radius 3 is 2.75 bits per heavy atom. The van der Waals surface area contributed by atoms with Crippen LogP contribution in [0.5, 0.6) is 0 Å². The van der Waals surface area contributed by atoms with E-state index in [0.717, 1.165) is 12.8 Å². The third-order valence-electron chi connectivity index (χ3n) is 2.45. The molecule has 0 saturated heterocycles. The second kappa shape index (κ2) is 4.63. The quantitative estimate of drug-likeness (QED) is 0.843. The van der Waals surface area contributed by atoms with Crippen molar-refractivity contribution in [2.75, 3.05) is 0 Å². The van der Waals surface area contributed by atoms with E-state index in [2.05, 4.69) is 0 Å². The molecular formula is C11H10ClFO2S. The SMILES string of the molecule is O=C(O)C(Sc1ccc(F)c(Cl)c1)C1CC1. The van der Waals surface area contributed by atoms with Crippen LogP contribution in [0.1, 0.15) is 12.8 Å². The van der Waals surface area contributed by atoms with Crippen LogP contribution < -0.4 is 0 Å². The molecule has 5 heteroatoms. The molecule has 0 bridgehead atoms. The van der Waals surface area contributed by atoms with Crippen molar-refractivity contribution in [3.8, 4) is 0 Å². The number of carbonyl (C=O) groups is 1. The number of carboxylic acid groups (broad SMARTS) is 1. The van der Waals surface area contributed by atoms with Crippen LogP contribution in [0.2, 0.25) is 5.02 Å². The van der Waals surface area contributed by atoms with Crippen molar-refractivity contribution in [3.05, 3.63) is 29.0 Å². The third-order valence-corrected chi connectivity index (χ3v) is 4.10. The van der Waals surface area contributed by atoms with Gasteiger partial charge in [0.15, 0.2) is 0 Å². The minimum Gasteiger partial charge on any atom is -0.480 e. The van der Waals surface area contributed by atoms with Crippen molar-refractivity contribution >= 4 is 29.3 Å². The van der Waals surface area contributed by atoms with Crippen LogP contribution in [0.3, 0.4) is 0 Å². The Morgan fingerprint density at radius 2 is 2.25 bits per heavy atom.